The monoisotopic (exact) mass is 329 g/mol. The van der Waals surface area contributed by atoms with Crippen molar-refractivity contribution >= 4 is 5.91 Å². The van der Waals surface area contributed by atoms with Gasteiger partial charge in [-0.15, -0.1) is 5.10 Å². The minimum absolute atomic E-state index is 0.0295. The summed E-state index contributed by atoms with van der Waals surface area (Å²) in [5.41, 5.74) is 0. The third kappa shape index (κ3) is 3.92. The second kappa shape index (κ2) is 7.63. The fourth-order valence-electron chi connectivity index (χ4n) is 2.54. The normalized spacial score (nSPS) is 16.7. The molecule has 0 radical (unpaired) electrons. The minimum atomic E-state index is -0.0776. The van der Waals surface area contributed by atoms with Crippen LogP contribution in [-0.4, -0.2) is 53.9 Å². The van der Waals surface area contributed by atoms with E-state index in [0.29, 0.717) is 30.5 Å². The molecule has 1 unspecified atom stereocenters. The molecule has 1 aliphatic heterocycles. The van der Waals surface area contributed by atoms with Crippen LogP contribution in [0.2, 0.25) is 0 Å². The summed E-state index contributed by atoms with van der Waals surface area (Å²) in [6.07, 6.45) is 2.28. The highest BCUT2D eigenvalue weighted by atomic mass is 16.5. The number of methoxy groups -OCH3 is 1. The number of hydrogen-bond donors (Lipinski definition) is 0. The van der Waals surface area contributed by atoms with Gasteiger partial charge in [0.05, 0.1) is 13.7 Å². The van der Waals surface area contributed by atoms with E-state index in [1.54, 1.807) is 42.5 Å². The van der Waals surface area contributed by atoms with Crippen molar-refractivity contribution < 1.29 is 19.0 Å². The Morgan fingerprint density at radius 2 is 2.08 bits per heavy atom. The van der Waals surface area contributed by atoms with Crippen LogP contribution in [0.5, 0.6) is 17.4 Å². The Balaban J connectivity index is 1.49. The largest absolute Gasteiger partial charge is 0.493 e. The van der Waals surface area contributed by atoms with Gasteiger partial charge in [0, 0.05) is 25.2 Å². The van der Waals surface area contributed by atoms with E-state index in [9.17, 15) is 4.79 Å². The highest BCUT2D eigenvalue weighted by Gasteiger charge is 2.28. The zero-order chi connectivity index (χ0) is 16.8. The zero-order valence-electron chi connectivity index (χ0n) is 13.4. The molecule has 1 amide bonds. The number of amides is 1. The summed E-state index contributed by atoms with van der Waals surface area (Å²) in [5.74, 6) is 1.56. The number of rotatable bonds is 6. The lowest BCUT2D eigenvalue weighted by molar-refractivity contribution is -0.132. The fraction of sp³-hybridized carbons (Fsp3) is 0.353. The Hall–Kier alpha value is -2.83. The smallest absolute Gasteiger partial charge is 0.260 e. The number of nitrogens with zero attached hydrogens (tertiary/aromatic N) is 3. The van der Waals surface area contributed by atoms with E-state index in [-0.39, 0.29) is 18.6 Å². The van der Waals surface area contributed by atoms with Crippen molar-refractivity contribution in [2.45, 2.75) is 12.5 Å². The molecule has 0 saturated carbocycles. The molecule has 126 valence electrons. The second-order valence-corrected chi connectivity index (χ2v) is 5.37. The van der Waals surface area contributed by atoms with Crippen molar-refractivity contribution in [3.05, 3.63) is 42.6 Å². The molecule has 1 aliphatic rings. The van der Waals surface area contributed by atoms with Gasteiger partial charge in [0.1, 0.15) is 6.10 Å². The SMILES string of the molecule is COc1ccccc1OCC(=O)N1CCC(Oc2cccnn2)C1. The maximum atomic E-state index is 12.3. The highest BCUT2D eigenvalue weighted by Crippen LogP contribution is 2.26. The zero-order valence-corrected chi connectivity index (χ0v) is 13.4. The summed E-state index contributed by atoms with van der Waals surface area (Å²) in [5, 5.41) is 7.67. The first-order chi connectivity index (χ1) is 11.8. The van der Waals surface area contributed by atoms with Gasteiger partial charge in [-0.2, -0.15) is 5.10 Å². The molecule has 24 heavy (non-hydrogen) atoms. The number of benzene rings is 1. The molecule has 0 bridgehead atoms. The van der Waals surface area contributed by atoms with Gasteiger partial charge >= 0.3 is 0 Å². The molecule has 1 fully saturated rings. The topological polar surface area (TPSA) is 73.8 Å². The van der Waals surface area contributed by atoms with Crippen molar-refractivity contribution in [1.29, 1.82) is 0 Å². The van der Waals surface area contributed by atoms with Crippen molar-refractivity contribution in [2.24, 2.45) is 0 Å². The van der Waals surface area contributed by atoms with E-state index < -0.39 is 0 Å². The maximum Gasteiger partial charge on any atom is 0.260 e. The first kappa shape index (κ1) is 16.0. The summed E-state index contributed by atoms with van der Waals surface area (Å²) in [6, 6.07) is 10.8. The first-order valence-electron chi connectivity index (χ1n) is 7.74. The molecule has 1 aromatic carbocycles. The van der Waals surface area contributed by atoms with Crippen LogP contribution in [0.25, 0.3) is 0 Å². The second-order valence-electron chi connectivity index (χ2n) is 5.37. The number of carbonyl (C=O) groups excluding carboxylic acids is 1. The van der Waals surface area contributed by atoms with E-state index in [4.69, 9.17) is 14.2 Å². The molecule has 0 aliphatic carbocycles. The molecular weight excluding hydrogens is 310 g/mol. The van der Waals surface area contributed by atoms with E-state index in [2.05, 4.69) is 10.2 Å². The van der Waals surface area contributed by atoms with Gasteiger partial charge in [0.25, 0.3) is 5.91 Å². The highest BCUT2D eigenvalue weighted by molar-refractivity contribution is 5.78. The molecular formula is C17H19N3O4. The van der Waals surface area contributed by atoms with Gasteiger partial charge < -0.3 is 19.1 Å². The molecule has 1 aromatic heterocycles. The Morgan fingerprint density at radius 1 is 1.25 bits per heavy atom. The van der Waals surface area contributed by atoms with Crippen molar-refractivity contribution in [1.82, 2.24) is 15.1 Å². The number of likely N-dealkylation sites (tertiary alicyclic amines) is 1. The molecule has 2 heterocycles. The number of carbonyl (C=O) groups is 1. The molecule has 1 atom stereocenters. The van der Waals surface area contributed by atoms with Crippen LogP contribution in [-0.2, 0) is 4.79 Å². The molecule has 7 heteroatoms. The van der Waals surface area contributed by atoms with Gasteiger partial charge in [-0.05, 0) is 18.2 Å². The minimum Gasteiger partial charge on any atom is -0.493 e. The quantitative estimate of drug-likeness (QED) is 0.800. The van der Waals surface area contributed by atoms with Gasteiger partial charge in [-0.3, -0.25) is 4.79 Å². The molecule has 0 spiro atoms. The molecule has 7 nitrogen and oxygen atoms in total. The van der Waals surface area contributed by atoms with Crippen molar-refractivity contribution in [3.63, 3.8) is 0 Å². The van der Waals surface area contributed by atoms with Crippen LogP contribution >= 0.6 is 0 Å². The van der Waals surface area contributed by atoms with Crippen molar-refractivity contribution in [2.75, 3.05) is 26.8 Å². The standard InChI is InChI=1S/C17H19N3O4/c1-22-14-5-2-3-6-15(14)23-12-17(21)20-10-8-13(11-20)24-16-7-4-9-18-19-16/h2-7,9,13H,8,10-12H2,1H3. The Morgan fingerprint density at radius 3 is 2.83 bits per heavy atom. The summed E-state index contributed by atoms with van der Waals surface area (Å²) in [7, 11) is 1.57. The lowest BCUT2D eigenvalue weighted by atomic mass is 10.3. The summed E-state index contributed by atoms with van der Waals surface area (Å²) >= 11 is 0. The third-order valence-corrected chi connectivity index (χ3v) is 3.75. The molecule has 3 rings (SSSR count). The fourth-order valence-corrected chi connectivity index (χ4v) is 2.54. The first-order valence-corrected chi connectivity index (χ1v) is 7.74. The van der Waals surface area contributed by atoms with E-state index in [0.717, 1.165) is 6.42 Å². The number of para-hydroxylation sites is 2. The lowest BCUT2D eigenvalue weighted by Crippen LogP contribution is -2.34. The summed E-state index contributed by atoms with van der Waals surface area (Å²) < 4.78 is 16.5. The van der Waals surface area contributed by atoms with E-state index >= 15 is 0 Å². The van der Waals surface area contributed by atoms with E-state index in [1.807, 2.05) is 12.1 Å². The van der Waals surface area contributed by atoms with E-state index in [1.165, 1.54) is 0 Å². The summed E-state index contributed by atoms with van der Waals surface area (Å²) in [4.78, 5) is 14.0. The molecule has 0 N–H and O–H groups in total. The Labute approximate surface area is 140 Å². The average Bonchev–Trinajstić information content (AvgIpc) is 3.09. The van der Waals surface area contributed by atoms with Gasteiger partial charge in [-0.1, -0.05) is 12.1 Å². The Bertz CT molecular complexity index is 681. The van der Waals surface area contributed by atoms with Gasteiger partial charge in [0.15, 0.2) is 18.1 Å². The van der Waals surface area contributed by atoms with Crippen molar-refractivity contribution in [3.8, 4) is 17.4 Å². The summed E-state index contributed by atoms with van der Waals surface area (Å²) in [6.45, 7) is 1.13. The van der Waals surface area contributed by atoms with Crippen LogP contribution in [0, 0.1) is 0 Å². The lowest BCUT2D eigenvalue weighted by Gasteiger charge is -2.17. The van der Waals surface area contributed by atoms with Crippen LogP contribution in [0.4, 0.5) is 0 Å². The number of aromatic nitrogens is 2. The predicted molar refractivity (Wildman–Crippen MR) is 86.1 cm³/mol. The van der Waals surface area contributed by atoms with Crippen LogP contribution in [0.15, 0.2) is 42.6 Å². The number of hydrogen-bond acceptors (Lipinski definition) is 6. The van der Waals surface area contributed by atoms with Crippen LogP contribution < -0.4 is 14.2 Å². The Kier molecular flexibility index (Phi) is 5.10. The van der Waals surface area contributed by atoms with Gasteiger partial charge in [0.2, 0.25) is 5.88 Å². The molecule has 2 aromatic rings. The molecule has 1 saturated heterocycles. The predicted octanol–water partition coefficient (Wildman–Crippen LogP) is 1.54. The maximum absolute atomic E-state index is 12.3. The average molecular weight is 329 g/mol. The van der Waals surface area contributed by atoms with Gasteiger partial charge in [-0.25, -0.2) is 0 Å². The van der Waals surface area contributed by atoms with Crippen LogP contribution in [0.3, 0.4) is 0 Å². The van der Waals surface area contributed by atoms with Crippen LogP contribution in [0.1, 0.15) is 6.42 Å². The number of ether oxygens (including phenoxy) is 3. The third-order valence-electron chi connectivity index (χ3n) is 3.75.